The number of hydrogen-bond acceptors (Lipinski definition) is 1. The molecule has 1 aromatic carbocycles. The Morgan fingerprint density at radius 1 is 1.44 bits per heavy atom. The lowest BCUT2D eigenvalue weighted by atomic mass is 10.2. The molecule has 2 heteroatoms. The smallest absolute Gasteiger partial charge is 0.0609 e. The van der Waals surface area contributed by atoms with E-state index >= 15 is 0 Å². The Balaban J connectivity index is 2.98. The summed E-state index contributed by atoms with van der Waals surface area (Å²) in [6.45, 7) is 2.00. The van der Waals surface area contributed by atoms with Gasteiger partial charge < -0.3 is 0 Å². The fourth-order valence-corrected chi connectivity index (χ4v) is 2.35. The zero-order valence-corrected chi connectivity index (χ0v) is 5.98. The number of hydrogen-bond donors (Lipinski definition) is 0. The first-order valence-electron chi connectivity index (χ1n) is 2.87. The highest BCUT2D eigenvalue weighted by atomic mass is 31.1. The van der Waals surface area contributed by atoms with Crippen molar-refractivity contribution >= 4 is 17.6 Å². The molecule has 0 spiro atoms. The van der Waals surface area contributed by atoms with Crippen LogP contribution in [0.2, 0.25) is 0 Å². The van der Waals surface area contributed by atoms with Crippen LogP contribution in [0.15, 0.2) is 18.2 Å². The van der Waals surface area contributed by atoms with E-state index in [1.807, 2.05) is 25.1 Å². The second-order valence-corrected chi connectivity index (χ2v) is 3.75. The summed E-state index contributed by atoms with van der Waals surface area (Å²) in [5.41, 5.74) is 1.17. The van der Waals surface area contributed by atoms with Crippen molar-refractivity contribution in [2.75, 3.05) is 0 Å². The van der Waals surface area contributed by atoms with Crippen molar-refractivity contribution in [1.82, 2.24) is 0 Å². The van der Waals surface area contributed by atoms with Crippen LogP contribution >= 0.6 is 7.41 Å². The minimum Gasteiger partial charge on any atom is -0.0609 e. The summed E-state index contributed by atoms with van der Waals surface area (Å²) in [7, 11) is -1.05. The van der Waals surface area contributed by atoms with Crippen LogP contribution in [0.5, 0.6) is 0 Å². The van der Waals surface area contributed by atoms with Gasteiger partial charge in [0.2, 0.25) is 5.12 Å². The monoisotopic (exact) mass is 137 g/mol. The van der Waals surface area contributed by atoms with E-state index in [1.54, 1.807) is 0 Å². The normalized spacial score (nSPS) is 13.2. The van der Waals surface area contributed by atoms with Crippen LogP contribution in [0.4, 0.5) is 0 Å². The molecule has 9 heavy (non-hydrogen) atoms. The second kappa shape index (κ2) is 1.43. The van der Waals surface area contributed by atoms with Crippen LogP contribution in [-0.2, 0) is 4.57 Å². The van der Waals surface area contributed by atoms with Gasteiger partial charge in [0.25, 0.3) is 5.12 Å². The molecule has 0 aliphatic heterocycles. The van der Waals surface area contributed by atoms with Crippen molar-refractivity contribution in [1.29, 1.82) is 0 Å². The zero-order valence-electron chi connectivity index (χ0n) is 5.09. The van der Waals surface area contributed by atoms with Gasteiger partial charge in [-0.15, -0.1) is 0 Å². The van der Waals surface area contributed by atoms with Gasteiger partial charge in [-0.3, -0.25) is 0 Å². The van der Waals surface area contributed by atoms with Gasteiger partial charge in [-0.1, -0.05) is 16.7 Å². The van der Waals surface area contributed by atoms with Crippen LogP contribution in [0.25, 0.3) is 10.2 Å². The van der Waals surface area contributed by atoms with Gasteiger partial charge in [0.15, 0.2) is 0 Å². The van der Waals surface area contributed by atoms with E-state index in [0.717, 1.165) is 10.2 Å². The Morgan fingerprint density at radius 3 is 2.78 bits per heavy atom. The summed E-state index contributed by atoms with van der Waals surface area (Å²) < 4.78 is 10.9. The Morgan fingerprint density at radius 2 is 2.22 bits per heavy atom. The lowest BCUT2D eigenvalue weighted by Gasteiger charge is -1.73. The van der Waals surface area contributed by atoms with Crippen molar-refractivity contribution in [2.45, 2.75) is 6.92 Å². The number of aryl methyl sites for hydroxylation is 1. The SMILES string of the molecule is Cc1cccc2c1[p+]2=O. The van der Waals surface area contributed by atoms with Crippen molar-refractivity contribution in [2.24, 2.45) is 0 Å². The molecule has 1 aromatic heterocycles. The Kier molecular flexibility index (Phi) is 0.813. The fourth-order valence-electron chi connectivity index (χ4n) is 1.03. The predicted molar refractivity (Wildman–Crippen MR) is 38.7 cm³/mol. The standard InChI is InChI=1S/C7H6OP/c1-5-3-2-4-6-7(5)9(6)8/h2-4H,1H3/q+1. The lowest BCUT2D eigenvalue weighted by Crippen LogP contribution is -1.59. The Bertz CT molecular complexity index is 368. The first-order chi connectivity index (χ1) is 4.30. The van der Waals surface area contributed by atoms with E-state index in [0.29, 0.717) is 0 Å². The number of fused-ring (bicyclic) bond motifs is 1. The molecule has 0 saturated heterocycles. The molecule has 0 bridgehead atoms. The first-order valence-corrected chi connectivity index (χ1v) is 4.13. The van der Waals surface area contributed by atoms with Gasteiger partial charge in [0.1, 0.15) is 0 Å². The molecular formula is C7H6OP+. The summed E-state index contributed by atoms with van der Waals surface area (Å²) >= 11 is 0. The molecule has 0 aliphatic rings. The second-order valence-electron chi connectivity index (χ2n) is 2.24. The Hall–Kier alpha value is -0.680. The van der Waals surface area contributed by atoms with Gasteiger partial charge >= 0.3 is 7.41 Å². The molecule has 44 valence electrons. The van der Waals surface area contributed by atoms with E-state index in [-0.39, 0.29) is 0 Å². The van der Waals surface area contributed by atoms with E-state index in [9.17, 15) is 4.57 Å². The lowest BCUT2D eigenvalue weighted by molar-refractivity contribution is 0.603. The quantitative estimate of drug-likeness (QED) is 0.545. The van der Waals surface area contributed by atoms with Crippen LogP contribution < -0.4 is 0 Å². The summed E-state index contributed by atoms with van der Waals surface area (Å²) in [4.78, 5) is 0. The molecule has 0 saturated carbocycles. The third-order valence-corrected chi connectivity index (χ3v) is 3.17. The largest absolute Gasteiger partial charge is 0.425 e. The topological polar surface area (TPSA) is 17.1 Å². The summed E-state index contributed by atoms with van der Waals surface area (Å²) in [5, 5.41) is 2.15. The van der Waals surface area contributed by atoms with Gasteiger partial charge in [-0.05, 0) is 13.0 Å². The van der Waals surface area contributed by atoms with Gasteiger partial charge in [-0.25, -0.2) is 0 Å². The minimum absolute atomic E-state index is 1.05. The summed E-state index contributed by atoms with van der Waals surface area (Å²) in [6.07, 6.45) is 0. The van der Waals surface area contributed by atoms with Crippen LogP contribution in [0.3, 0.4) is 0 Å². The maximum absolute atomic E-state index is 10.9. The highest BCUT2D eigenvalue weighted by molar-refractivity contribution is 7.59. The van der Waals surface area contributed by atoms with Gasteiger partial charge in [0, 0.05) is 5.56 Å². The van der Waals surface area contributed by atoms with Crippen LogP contribution in [0, 0.1) is 6.92 Å². The highest BCUT2D eigenvalue weighted by Crippen LogP contribution is 2.47. The molecule has 1 nitrogen and oxygen atoms in total. The molecule has 1 heterocycles. The molecule has 0 aliphatic carbocycles. The van der Waals surface area contributed by atoms with E-state index in [1.165, 1.54) is 5.56 Å². The molecule has 0 amide bonds. The Labute approximate surface area is 53.7 Å². The highest BCUT2D eigenvalue weighted by Gasteiger charge is 2.29. The van der Waals surface area contributed by atoms with E-state index in [2.05, 4.69) is 0 Å². The van der Waals surface area contributed by atoms with E-state index in [4.69, 9.17) is 0 Å². The summed E-state index contributed by atoms with van der Waals surface area (Å²) in [6, 6.07) is 5.88. The molecule has 0 radical (unpaired) electrons. The molecule has 1 unspecified atom stereocenters. The first kappa shape index (κ1) is 5.13. The van der Waals surface area contributed by atoms with Crippen molar-refractivity contribution in [3.8, 4) is 0 Å². The molecule has 1 atom stereocenters. The molecule has 2 aromatic rings. The maximum Gasteiger partial charge on any atom is 0.425 e. The van der Waals surface area contributed by atoms with Crippen molar-refractivity contribution in [3.63, 3.8) is 0 Å². The average molecular weight is 137 g/mol. The average Bonchev–Trinajstić information content (AvgIpc) is 2.45. The third kappa shape index (κ3) is 0.555. The van der Waals surface area contributed by atoms with Crippen LogP contribution in [-0.4, -0.2) is 0 Å². The number of rotatable bonds is 0. The molecule has 0 N–H and O–H groups in total. The summed E-state index contributed by atoms with van der Waals surface area (Å²) in [5.74, 6) is 0. The minimum atomic E-state index is -1.05. The molecular weight excluding hydrogens is 131 g/mol. The van der Waals surface area contributed by atoms with E-state index < -0.39 is 7.41 Å². The third-order valence-electron chi connectivity index (χ3n) is 1.59. The molecule has 0 fully saturated rings. The molecule has 2 rings (SSSR count). The van der Waals surface area contributed by atoms with Crippen molar-refractivity contribution < 1.29 is 4.57 Å². The van der Waals surface area contributed by atoms with Crippen molar-refractivity contribution in [3.05, 3.63) is 23.8 Å². The fraction of sp³-hybridized carbons (Fsp3) is 0.143. The van der Waals surface area contributed by atoms with Gasteiger partial charge in [0.05, 0.1) is 0 Å². The van der Waals surface area contributed by atoms with Crippen LogP contribution in [0.1, 0.15) is 5.56 Å². The predicted octanol–water partition coefficient (Wildman–Crippen LogP) is 2.77. The maximum atomic E-state index is 10.9. The zero-order chi connectivity index (χ0) is 6.43. The number of benzene rings is 1. The van der Waals surface area contributed by atoms with Gasteiger partial charge in [-0.2, -0.15) is 0 Å².